The largest absolute Gasteiger partial charge is 0.435 e. The molecule has 0 saturated heterocycles. The summed E-state index contributed by atoms with van der Waals surface area (Å²) in [6.45, 7) is -0.974. The molecule has 0 aliphatic carbocycles. The molecule has 0 saturated carbocycles. The number of benzene rings is 2. The number of rotatable bonds is 7. The zero-order valence-corrected chi connectivity index (χ0v) is 14.5. The van der Waals surface area contributed by atoms with Gasteiger partial charge in [0.15, 0.2) is 0 Å². The van der Waals surface area contributed by atoms with Crippen molar-refractivity contribution in [3.05, 3.63) is 72.3 Å². The summed E-state index contributed by atoms with van der Waals surface area (Å²) in [6.07, 6.45) is 3.22. The molecule has 140 valence electrons. The maximum absolute atomic E-state index is 12.2. The van der Waals surface area contributed by atoms with Crippen molar-refractivity contribution in [1.29, 1.82) is 0 Å². The lowest BCUT2D eigenvalue weighted by molar-refractivity contribution is -0.121. The number of nitrogens with zero attached hydrogens (tertiary/aromatic N) is 3. The molecule has 8 heteroatoms. The van der Waals surface area contributed by atoms with Crippen molar-refractivity contribution in [2.24, 2.45) is 0 Å². The Morgan fingerprint density at radius 3 is 2.44 bits per heavy atom. The third-order valence-corrected chi connectivity index (χ3v) is 3.97. The van der Waals surface area contributed by atoms with E-state index >= 15 is 0 Å². The Morgan fingerprint density at radius 2 is 1.85 bits per heavy atom. The Labute approximate surface area is 154 Å². The highest BCUT2D eigenvalue weighted by Gasteiger charge is 2.11. The van der Waals surface area contributed by atoms with Crippen LogP contribution < -0.4 is 10.1 Å². The highest BCUT2D eigenvalue weighted by atomic mass is 19.3. The van der Waals surface area contributed by atoms with Gasteiger partial charge in [-0.3, -0.25) is 4.79 Å². The summed E-state index contributed by atoms with van der Waals surface area (Å²) in [6, 6.07) is 13.5. The SMILES string of the molecule is CC(NC(=O)Cc1ccc(OC(F)F)cc1)c1ccc(-n2cncn2)cc1. The van der Waals surface area contributed by atoms with Crippen molar-refractivity contribution in [1.82, 2.24) is 20.1 Å². The van der Waals surface area contributed by atoms with Gasteiger partial charge in [0.25, 0.3) is 0 Å². The first-order valence-electron chi connectivity index (χ1n) is 8.29. The molecule has 6 nitrogen and oxygen atoms in total. The molecule has 1 unspecified atom stereocenters. The number of carbonyl (C=O) groups excluding carboxylic acids is 1. The molecule has 3 rings (SSSR count). The van der Waals surface area contributed by atoms with Gasteiger partial charge >= 0.3 is 6.61 Å². The number of hydrogen-bond acceptors (Lipinski definition) is 4. The smallest absolute Gasteiger partial charge is 0.387 e. The summed E-state index contributed by atoms with van der Waals surface area (Å²) in [4.78, 5) is 16.1. The maximum Gasteiger partial charge on any atom is 0.387 e. The van der Waals surface area contributed by atoms with Gasteiger partial charge in [0.1, 0.15) is 18.4 Å². The van der Waals surface area contributed by atoms with Gasteiger partial charge in [-0.1, -0.05) is 24.3 Å². The quantitative estimate of drug-likeness (QED) is 0.691. The van der Waals surface area contributed by atoms with Crippen molar-refractivity contribution >= 4 is 5.91 Å². The van der Waals surface area contributed by atoms with Crippen LogP contribution in [0.3, 0.4) is 0 Å². The van der Waals surface area contributed by atoms with Gasteiger partial charge in [0, 0.05) is 0 Å². The number of carbonyl (C=O) groups is 1. The van der Waals surface area contributed by atoms with E-state index in [1.165, 1.54) is 18.5 Å². The second-order valence-corrected chi connectivity index (χ2v) is 5.92. The second-order valence-electron chi connectivity index (χ2n) is 5.92. The van der Waals surface area contributed by atoms with E-state index < -0.39 is 6.61 Å². The van der Waals surface area contributed by atoms with Crippen LogP contribution in [0.15, 0.2) is 61.2 Å². The van der Waals surface area contributed by atoms with E-state index in [2.05, 4.69) is 20.1 Å². The van der Waals surface area contributed by atoms with Crippen molar-refractivity contribution in [2.45, 2.75) is 26.0 Å². The monoisotopic (exact) mass is 372 g/mol. The Kier molecular flexibility index (Phi) is 5.75. The second kappa shape index (κ2) is 8.39. The predicted octanol–water partition coefficient (Wildman–Crippen LogP) is 3.29. The molecule has 1 atom stereocenters. The fourth-order valence-corrected chi connectivity index (χ4v) is 2.61. The maximum atomic E-state index is 12.2. The van der Waals surface area contributed by atoms with Crippen LogP contribution >= 0.6 is 0 Å². The van der Waals surface area contributed by atoms with Crippen LogP contribution in [0.2, 0.25) is 0 Å². The molecule has 0 aliphatic heterocycles. The molecule has 0 radical (unpaired) electrons. The Balaban J connectivity index is 1.55. The predicted molar refractivity (Wildman–Crippen MR) is 94.7 cm³/mol. The van der Waals surface area contributed by atoms with Gasteiger partial charge in [-0.25, -0.2) is 9.67 Å². The first kappa shape index (κ1) is 18.5. The van der Waals surface area contributed by atoms with Crippen molar-refractivity contribution in [3.63, 3.8) is 0 Å². The van der Waals surface area contributed by atoms with Gasteiger partial charge < -0.3 is 10.1 Å². The molecule has 0 spiro atoms. The first-order chi connectivity index (χ1) is 13.0. The summed E-state index contributed by atoms with van der Waals surface area (Å²) in [5.41, 5.74) is 2.54. The fraction of sp³-hybridized carbons (Fsp3) is 0.211. The molecule has 1 aromatic heterocycles. The summed E-state index contributed by atoms with van der Waals surface area (Å²) >= 11 is 0. The van der Waals surface area contributed by atoms with Gasteiger partial charge in [0.2, 0.25) is 5.91 Å². The summed E-state index contributed by atoms with van der Waals surface area (Å²) < 4.78 is 30.2. The summed E-state index contributed by atoms with van der Waals surface area (Å²) in [7, 11) is 0. The van der Waals surface area contributed by atoms with Crippen molar-refractivity contribution in [2.75, 3.05) is 0 Å². The molecule has 1 N–H and O–H groups in total. The summed E-state index contributed by atoms with van der Waals surface area (Å²) in [5.74, 6) is -0.0969. The van der Waals surface area contributed by atoms with E-state index in [-0.39, 0.29) is 24.1 Å². The lowest BCUT2D eigenvalue weighted by atomic mass is 10.1. The molecule has 0 aliphatic rings. The van der Waals surface area contributed by atoms with E-state index in [9.17, 15) is 13.6 Å². The van der Waals surface area contributed by atoms with Crippen molar-refractivity contribution in [3.8, 4) is 11.4 Å². The average Bonchev–Trinajstić information content (AvgIpc) is 3.18. The van der Waals surface area contributed by atoms with Crippen LogP contribution in [-0.4, -0.2) is 27.3 Å². The third-order valence-electron chi connectivity index (χ3n) is 3.97. The molecular weight excluding hydrogens is 354 g/mol. The van der Waals surface area contributed by atoms with Gasteiger partial charge in [-0.15, -0.1) is 0 Å². The first-order valence-corrected chi connectivity index (χ1v) is 8.29. The number of halogens is 2. The lowest BCUT2D eigenvalue weighted by Gasteiger charge is -2.15. The number of amides is 1. The molecule has 0 bridgehead atoms. The number of nitrogens with one attached hydrogen (secondary N) is 1. The molecule has 2 aromatic carbocycles. The van der Waals surface area contributed by atoms with E-state index in [0.717, 1.165) is 11.3 Å². The Morgan fingerprint density at radius 1 is 1.15 bits per heavy atom. The minimum absolute atomic E-state index is 0.0648. The molecular formula is C19H18F2N4O2. The molecule has 0 fully saturated rings. The van der Waals surface area contributed by atoms with E-state index in [0.29, 0.717) is 5.56 Å². The summed E-state index contributed by atoms with van der Waals surface area (Å²) in [5, 5.41) is 6.98. The standard InChI is InChI=1S/C19H18F2N4O2/c1-13(15-4-6-16(7-5-15)25-12-22-11-23-25)24-18(26)10-14-2-8-17(9-3-14)27-19(20)21/h2-9,11-13,19H,10H2,1H3,(H,24,26). The number of hydrogen-bond donors (Lipinski definition) is 1. The molecule has 1 amide bonds. The van der Waals surface area contributed by atoms with Crippen LogP contribution in [0.1, 0.15) is 24.1 Å². The zero-order valence-electron chi connectivity index (χ0n) is 14.5. The van der Waals surface area contributed by atoms with Crippen LogP contribution in [0, 0.1) is 0 Å². The lowest BCUT2D eigenvalue weighted by Crippen LogP contribution is -2.28. The van der Waals surface area contributed by atoms with Gasteiger partial charge in [-0.2, -0.15) is 13.9 Å². The molecule has 1 heterocycles. The molecule has 27 heavy (non-hydrogen) atoms. The topological polar surface area (TPSA) is 69.0 Å². The molecule has 3 aromatic rings. The Hall–Kier alpha value is -3.29. The number of aromatic nitrogens is 3. The van der Waals surface area contributed by atoms with Crippen LogP contribution in [0.5, 0.6) is 5.75 Å². The minimum Gasteiger partial charge on any atom is -0.435 e. The highest BCUT2D eigenvalue weighted by molar-refractivity contribution is 5.79. The number of ether oxygens (including phenoxy) is 1. The van der Waals surface area contributed by atoms with Crippen molar-refractivity contribution < 1.29 is 18.3 Å². The Bertz CT molecular complexity index is 866. The minimum atomic E-state index is -2.86. The fourth-order valence-electron chi connectivity index (χ4n) is 2.61. The van der Waals surface area contributed by atoms with Gasteiger partial charge in [-0.05, 0) is 42.3 Å². The van der Waals surface area contributed by atoms with Gasteiger partial charge in [0.05, 0.1) is 18.2 Å². The van der Waals surface area contributed by atoms with E-state index in [1.807, 2.05) is 31.2 Å². The van der Waals surface area contributed by atoms with E-state index in [1.54, 1.807) is 23.1 Å². The number of alkyl halides is 2. The van der Waals surface area contributed by atoms with Crippen LogP contribution in [-0.2, 0) is 11.2 Å². The van der Waals surface area contributed by atoms with Crippen LogP contribution in [0.25, 0.3) is 5.69 Å². The van der Waals surface area contributed by atoms with Crippen LogP contribution in [0.4, 0.5) is 8.78 Å². The highest BCUT2D eigenvalue weighted by Crippen LogP contribution is 2.17. The average molecular weight is 372 g/mol. The third kappa shape index (κ3) is 5.10. The van der Waals surface area contributed by atoms with E-state index in [4.69, 9.17) is 0 Å². The normalized spacial score (nSPS) is 12.0. The zero-order chi connectivity index (χ0) is 19.2.